The summed E-state index contributed by atoms with van der Waals surface area (Å²) in [4.78, 5) is 55.5. The summed E-state index contributed by atoms with van der Waals surface area (Å²) in [7, 11) is 0. The van der Waals surface area contributed by atoms with Crippen molar-refractivity contribution in [2.24, 2.45) is 0 Å². The number of benzene rings is 4. The van der Waals surface area contributed by atoms with Crippen LogP contribution in [0.4, 0.5) is 0 Å². The highest BCUT2D eigenvalue weighted by Crippen LogP contribution is 2.35. The molecule has 0 amide bonds. The lowest BCUT2D eigenvalue weighted by atomic mass is 9.96. The van der Waals surface area contributed by atoms with Crippen LogP contribution in [0.3, 0.4) is 0 Å². The van der Waals surface area contributed by atoms with E-state index in [4.69, 9.17) is 29.2 Å². The van der Waals surface area contributed by atoms with Gasteiger partial charge in [0.15, 0.2) is 24.8 Å². The molecule has 2 aromatic heterocycles. The minimum absolute atomic E-state index is 0.0393. The molecule has 0 unspecified atom stereocenters. The standard InChI is InChI=1S/C53H66N6O12/c60-25-13-1-3-15-27-68-29-17-5-7-23-50(64)70-36-48(62)38-31-40(52(66)46(34-38)58-54-42-19-9-10-20-43(42)55-58)33-41-32-39(35-47(53(41)67)59-56-44-21-11-12-22-45(44)57-59)49(63)37-71-51(65)24-8-6-18-30-69-28-16-4-2-14-26-61/h9-12,19-22,31-32,34-35,60-61,66-67H,1-8,13-18,23-30,33,36-37H2. The van der Waals surface area contributed by atoms with E-state index in [2.05, 4.69) is 20.4 Å². The van der Waals surface area contributed by atoms with Crippen LogP contribution in [-0.2, 0) is 35.0 Å². The molecule has 380 valence electrons. The second-order valence-corrected chi connectivity index (χ2v) is 17.4. The maximum absolute atomic E-state index is 13.8. The van der Waals surface area contributed by atoms with E-state index in [1.165, 1.54) is 33.9 Å². The number of carbonyl (C=O) groups is 4. The zero-order valence-corrected chi connectivity index (χ0v) is 40.3. The van der Waals surface area contributed by atoms with E-state index in [1.54, 1.807) is 48.5 Å². The number of unbranched alkanes of at least 4 members (excludes halogenated alkanes) is 10. The smallest absolute Gasteiger partial charge is 0.306 e. The summed E-state index contributed by atoms with van der Waals surface area (Å²) >= 11 is 0. The van der Waals surface area contributed by atoms with Crippen molar-refractivity contribution in [3.63, 3.8) is 0 Å². The average molecular weight is 979 g/mol. The largest absolute Gasteiger partial charge is 0.505 e. The number of nitrogens with zero attached hydrogens (tertiary/aromatic N) is 6. The lowest BCUT2D eigenvalue weighted by Crippen LogP contribution is -2.16. The van der Waals surface area contributed by atoms with Crippen LogP contribution in [0, 0.1) is 0 Å². The molecule has 0 bridgehead atoms. The summed E-state index contributed by atoms with van der Waals surface area (Å²) in [5.41, 5.74) is 2.59. The first-order valence-corrected chi connectivity index (χ1v) is 24.8. The van der Waals surface area contributed by atoms with Gasteiger partial charge >= 0.3 is 11.9 Å². The lowest BCUT2D eigenvalue weighted by molar-refractivity contribution is -0.143. The Hall–Kier alpha value is -6.60. The fourth-order valence-corrected chi connectivity index (χ4v) is 7.84. The van der Waals surface area contributed by atoms with Crippen LogP contribution in [0.25, 0.3) is 33.4 Å². The summed E-state index contributed by atoms with van der Waals surface area (Å²) in [6.45, 7) is 1.73. The first kappa shape index (κ1) is 53.7. The molecule has 0 aliphatic heterocycles. The first-order valence-electron chi connectivity index (χ1n) is 24.8. The van der Waals surface area contributed by atoms with Gasteiger partial charge in [-0.3, -0.25) is 19.2 Å². The number of phenolic OH excluding ortho intramolecular Hbond substituents is 2. The highest BCUT2D eigenvalue weighted by Gasteiger charge is 2.24. The van der Waals surface area contributed by atoms with Gasteiger partial charge in [0.25, 0.3) is 0 Å². The normalized spacial score (nSPS) is 11.4. The Kier molecular flexibility index (Phi) is 21.9. The van der Waals surface area contributed by atoms with E-state index < -0.39 is 36.7 Å². The van der Waals surface area contributed by atoms with Crippen LogP contribution in [0.5, 0.6) is 11.5 Å². The molecule has 4 aromatic carbocycles. The van der Waals surface area contributed by atoms with Crippen molar-refractivity contribution in [3.05, 3.63) is 95.1 Å². The molecule has 6 aromatic rings. The third-order valence-corrected chi connectivity index (χ3v) is 11.8. The molecule has 71 heavy (non-hydrogen) atoms. The van der Waals surface area contributed by atoms with Gasteiger partial charge in [0, 0.05) is 81.2 Å². The van der Waals surface area contributed by atoms with Crippen LogP contribution in [-0.4, -0.2) is 127 Å². The summed E-state index contributed by atoms with van der Waals surface area (Å²) < 4.78 is 22.1. The van der Waals surface area contributed by atoms with Gasteiger partial charge in [-0.2, -0.15) is 0 Å². The minimum Gasteiger partial charge on any atom is -0.505 e. The van der Waals surface area contributed by atoms with Gasteiger partial charge in [-0.1, -0.05) is 62.8 Å². The number of carbonyl (C=O) groups excluding carboxylic acids is 4. The van der Waals surface area contributed by atoms with Crippen molar-refractivity contribution in [1.82, 2.24) is 30.0 Å². The van der Waals surface area contributed by atoms with Crippen molar-refractivity contribution in [2.45, 2.75) is 109 Å². The number of phenols is 2. The van der Waals surface area contributed by atoms with Gasteiger partial charge in [-0.25, -0.2) is 0 Å². The zero-order chi connectivity index (χ0) is 50.2. The molecular weight excluding hydrogens is 913 g/mol. The summed E-state index contributed by atoms with van der Waals surface area (Å²) in [5, 5.41) is 59.7. The Bertz CT molecular complexity index is 2420. The summed E-state index contributed by atoms with van der Waals surface area (Å²) in [6, 6.07) is 19.8. The van der Waals surface area contributed by atoms with Crippen LogP contribution < -0.4 is 0 Å². The maximum Gasteiger partial charge on any atom is 0.306 e. The highest BCUT2D eigenvalue weighted by molar-refractivity contribution is 6.00. The number of aromatic hydroxyl groups is 2. The molecule has 0 saturated heterocycles. The number of esters is 2. The van der Waals surface area contributed by atoms with Crippen LogP contribution in [0.2, 0.25) is 0 Å². The van der Waals surface area contributed by atoms with E-state index in [9.17, 15) is 29.4 Å². The van der Waals surface area contributed by atoms with E-state index in [1.807, 2.05) is 0 Å². The van der Waals surface area contributed by atoms with Gasteiger partial charge in [0.1, 0.15) is 44.9 Å². The van der Waals surface area contributed by atoms with Crippen molar-refractivity contribution in [2.75, 3.05) is 52.9 Å². The number of hydrogen-bond acceptors (Lipinski definition) is 16. The molecule has 2 heterocycles. The molecule has 0 aliphatic carbocycles. The average Bonchev–Trinajstić information content (AvgIpc) is 4.02. The quantitative estimate of drug-likeness (QED) is 0.0171. The molecular formula is C53H66N6O12. The molecule has 0 aliphatic rings. The number of fused-ring (bicyclic) bond motifs is 2. The SMILES string of the molecule is O=C(CCCCCOCCCCCCO)OCC(=O)c1cc(Cc2cc(C(=O)COC(=O)CCCCCOCCCCCCO)cc(-n3nc4ccccc4n3)c2O)c(O)c(-n2nc3ccccc3n2)c1. The third kappa shape index (κ3) is 16.8. The number of aliphatic hydroxyl groups excluding tert-OH is 2. The fourth-order valence-electron chi connectivity index (χ4n) is 7.84. The topological polar surface area (TPSA) is 248 Å². The van der Waals surface area contributed by atoms with Gasteiger partial charge in [-0.15, -0.1) is 30.0 Å². The van der Waals surface area contributed by atoms with E-state index >= 15 is 0 Å². The molecule has 18 heteroatoms. The third-order valence-electron chi connectivity index (χ3n) is 11.8. The van der Waals surface area contributed by atoms with Crippen molar-refractivity contribution in [1.29, 1.82) is 0 Å². The number of hydrogen-bond donors (Lipinski definition) is 4. The van der Waals surface area contributed by atoms with E-state index in [0.717, 1.165) is 77.0 Å². The molecule has 0 spiro atoms. The molecule has 0 fully saturated rings. The predicted octanol–water partition coefficient (Wildman–Crippen LogP) is 7.87. The van der Waals surface area contributed by atoms with E-state index in [0.29, 0.717) is 61.3 Å². The number of ketones is 2. The van der Waals surface area contributed by atoms with Crippen molar-refractivity contribution >= 4 is 45.6 Å². The Balaban J connectivity index is 1.15. The Morgan fingerprint density at radius 2 is 0.789 bits per heavy atom. The van der Waals surface area contributed by atoms with Crippen LogP contribution in [0.15, 0.2) is 72.8 Å². The number of ether oxygens (including phenoxy) is 4. The van der Waals surface area contributed by atoms with Crippen molar-refractivity contribution < 1.29 is 58.6 Å². The molecule has 0 atom stereocenters. The molecule has 4 N–H and O–H groups in total. The van der Waals surface area contributed by atoms with Crippen LogP contribution in [0.1, 0.15) is 135 Å². The Morgan fingerprint density at radius 1 is 0.451 bits per heavy atom. The number of Topliss-reactive ketones (excluding diaryl/α,β-unsaturated/α-hetero) is 2. The number of aliphatic hydroxyl groups is 2. The van der Waals surface area contributed by atoms with Gasteiger partial charge < -0.3 is 39.4 Å². The number of rotatable bonds is 34. The van der Waals surface area contributed by atoms with Gasteiger partial charge in [-0.05, 0) is 99.9 Å². The molecule has 0 saturated carbocycles. The highest BCUT2D eigenvalue weighted by atomic mass is 16.5. The molecule has 6 rings (SSSR count). The maximum atomic E-state index is 13.8. The summed E-state index contributed by atoms with van der Waals surface area (Å²) in [6.07, 6.45) is 11.6. The minimum atomic E-state index is -0.575. The first-order chi connectivity index (χ1) is 34.6. The summed E-state index contributed by atoms with van der Waals surface area (Å²) in [5.74, 6) is -2.85. The number of aromatic nitrogens is 6. The van der Waals surface area contributed by atoms with Crippen LogP contribution >= 0.6 is 0 Å². The fraction of sp³-hybridized carbons (Fsp3) is 0.472. The zero-order valence-electron chi connectivity index (χ0n) is 40.3. The second kappa shape index (κ2) is 28.9. The van der Waals surface area contributed by atoms with Gasteiger partial charge in [0.05, 0.1) is 0 Å². The monoisotopic (exact) mass is 978 g/mol. The molecule has 0 radical (unpaired) electrons. The molecule has 18 nitrogen and oxygen atoms in total. The van der Waals surface area contributed by atoms with Gasteiger partial charge in [0.2, 0.25) is 0 Å². The van der Waals surface area contributed by atoms with Crippen molar-refractivity contribution in [3.8, 4) is 22.9 Å². The Morgan fingerprint density at radius 3 is 1.14 bits per heavy atom. The van der Waals surface area contributed by atoms with E-state index in [-0.39, 0.29) is 77.6 Å². The second-order valence-electron chi connectivity index (χ2n) is 17.4. The Labute approximate surface area is 412 Å². The lowest BCUT2D eigenvalue weighted by Gasteiger charge is -2.15. The predicted molar refractivity (Wildman–Crippen MR) is 264 cm³/mol.